The second-order valence-corrected chi connectivity index (χ2v) is 13.2. The Morgan fingerprint density at radius 1 is 0.889 bits per heavy atom. The summed E-state index contributed by atoms with van der Waals surface area (Å²) in [4.78, 5) is 15.3. The average Bonchev–Trinajstić information content (AvgIpc) is 2.61. The highest BCUT2D eigenvalue weighted by atomic mass is 28.3. The molecule has 1 atom stereocenters. The van der Waals surface area contributed by atoms with Gasteiger partial charge in [0.05, 0.1) is 6.04 Å². The normalized spacial score (nSPS) is 12.6. The predicted octanol–water partition coefficient (Wildman–Crippen LogP) is 5.16. The Balaban J connectivity index is 2.34. The maximum atomic E-state index is 13.1. The molecule has 2 rings (SSSR count). The van der Waals surface area contributed by atoms with Crippen LogP contribution in [0.5, 0.6) is 0 Å². The van der Waals surface area contributed by atoms with Gasteiger partial charge in [-0.15, -0.1) is 5.54 Å². The molecule has 0 aliphatic carbocycles. The van der Waals surface area contributed by atoms with Crippen molar-refractivity contribution in [2.45, 2.75) is 52.6 Å². The Morgan fingerprint density at radius 3 is 1.70 bits per heavy atom. The van der Waals surface area contributed by atoms with Crippen molar-refractivity contribution in [1.29, 1.82) is 0 Å². The SMILES string of the molecule is CC(C)[C@@H](C(=O)C#C[Si](C)(C)C)N(Cc1ccccc1)Cc1ccccc1. The third kappa shape index (κ3) is 7.17. The van der Waals surface area contributed by atoms with E-state index in [1.54, 1.807) is 0 Å². The second-order valence-electron chi connectivity index (χ2n) is 8.43. The van der Waals surface area contributed by atoms with Gasteiger partial charge in [-0.3, -0.25) is 9.69 Å². The number of carbonyl (C=O) groups excluding carboxylic acids is 1. The molecule has 0 amide bonds. The Morgan fingerprint density at radius 2 is 1.33 bits per heavy atom. The zero-order valence-electron chi connectivity index (χ0n) is 17.2. The number of ketones is 1. The van der Waals surface area contributed by atoms with Crippen molar-refractivity contribution >= 4 is 13.9 Å². The monoisotopic (exact) mass is 377 g/mol. The number of Topliss-reactive ketones (excluding diaryl/α,β-unsaturated/α-hetero) is 1. The lowest BCUT2D eigenvalue weighted by Crippen LogP contribution is -2.43. The summed E-state index contributed by atoms with van der Waals surface area (Å²) in [5, 5.41) is 0. The van der Waals surface area contributed by atoms with E-state index in [1.165, 1.54) is 11.1 Å². The zero-order valence-corrected chi connectivity index (χ0v) is 18.2. The van der Waals surface area contributed by atoms with Gasteiger partial charge in [0.15, 0.2) is 0 Å². The van der Waals surface area contributed by atoms with Gasteiger partial charge in [-0.1, -0.05) is 94.2 Å². The number of hydrogen-bond acceptors (Lipinski definition) is 2. The highest BCUT2D eigenvalue weighted by molar-refractivity contribution is 6.84. The van der Waals surface area contributed by atoms with E-state index in [1.807, 2.05) is 36.4 Å². The van der Waals surface area contributed by atoms with Crippen molar-refractivity contribution in [1.82, 2.24) is 4.90 Å². The Kier molecular flexibility index (Phi) is 7.59. The number of hydrogen-bond donors (Lipinski definition) is 0. The summed E-state index contributed by atoms with van der Waals surface area (Å²) >= 11 is 0. The predicted molar refractivity (Wildman–Crippen MR) is 117 cm³/mol. The van der Waals surface area contributed by atoms with Gasteiger partial charge >= 0.3 is 0 Å². The molecule has 0 unspecified atom stereocenters. The minimum absolute atomic E-state index is 0.0410. The standard InChI is InChI=1S/C24H31NOSi/c1-20(2)24(23(26)16-17-27(3,4)5)25(18-21-12-8-6-9-13-21)19-22-14-10-7-11-15-22/h6-15,20,24H,18-19H2,1-5H3/t24-/m0/s1. The van der Waals surface area contributed by atoms with Crippen LogP contribution in [0.25, 0.3) is 0 Å². The second kappa shape index (κ2) is 9.69. The molecule has 2 nitrogen and oxygen atoms in total. The Labute approximate surface area is 165 Å². The van der Waals surface area contributed by atoms with Gasteiger partial charge in [-0.2, -0.15) is 0 Å². The topological polar surface area (TPSA) is 20.3 Å². The summed E-state index contributed by atoms with van der Waals surface area (Å²) in [6.07, 6.45) is 0. The molecular formula is C24H31NOSi. The number of nitrogens with zero attached hydrogens (tertiary/aromatic N) is 1. The maximum Gasteiger partial charge on any atom is 0.222 e. The molecule has 0 saturated carbocycles. The van der Waals surface area contributed by atoms with Crippen molar-refractivity contribution in [3.63, 3.8) is 0 Å². The molecule has 0 radical (unpaired) electrons. The molecule has 2 aromatic carbocycles. The van der Waals surface area contributed by atoms with Crippen LogP contribution in [-0.2, 0) is 17.9 Å². The van der Waals surface area contributed by atoms with E-state index in [4.69, 9.17) is 0 Å². The van der Waals surface area contributed by atoms with E-state index in [9.17, 15) is 4.79 Å². The van der Waals surface area contributed by atoms with Crippen molar-refractivity contribution < 1.29 is 4.79 Å². The minimum Gasteiger partial charge on any atom is -0.284 e. The molecule has 27 heavy (non-hydrogen) atoms. The van der Waals surface area contributed by atoms with Crippen molar-refractivity contribution in [2.75, 3.05) is 0 Å². The summed E-state index contributed by atoms with van der Waals surface area (Å²) in [5.74, 6) is 3.22. The molecule has 142 valence electrons. The van der Waals surface area contributed by atoms with Gasteiger partial charge < -0.3 is 0 Å². The van der Waals surface area contributed by atoms with Gasteiger partial charge in [0, 0.05) is 13.1 Å². The first-order valence-electron chi connectivity index (χ1n) is 9.65. The maximum absolute atomic E-state index is 13.1. The van der Waals surface area contributed by atoms with E-state index in [0.29, 0.717) is 0 Å². The van der Waals surface area contributed by atoms with Crippen molar-refractivity contribution in [2.24, 2.45) is 5.92 Å². The van der Waals surface area contributed by atoms with Gasteiger partial charge in [-0.05, 0) is 23.0 Å². The fraction of sp³-hybridized carbons (Fsp3) is 0.375. The third-order valence-electron chi connectivity index (χ3n) is 4.31. The largest absolute Gasteiger partial charge is 0.284 e. The minimum atomic E-state index is -1.58. The van der Waals surface area contributed by atoms with Crippen LogP contribution >= 0.6 is 0 Å². The Hall–Kier alpha value is -2.15. The molecule has 0 aromatic heterocycles. The molecule has 0 saturated heterocycles. The third-order valence-corrected chi connectivity index (χ3v) is 5.19. The van der Waals surface area contributed by atoms with E-state index < -0.39 is 8.07 Å². The smallest absolute Gasteiger partial charge is 0.222 e. The van der Waals surface area contributed by atoms with Crippen LogP contribution in [0.3, 0.4) is 0 Å². The molecule has 0 N–H and O–H groups in total. The first kappa shape index (κ1) is 21.2. The summed E-state index contributed by atoms with van der Waals surface area (Å²) in [7, 11) is -1.58. The molecule has 0 fully saturated rings. The lowest BCUT2D eigenvalue weighted by atomic mass is 9.96. The lowest BCUT2D eigenvalue weighted by Gasteiger charge is -2.32. The highest BCUT2D eigenvalue weighted by Crippen LogP contribution is 2.19. The van der Waals surface area contributed by atoms with E-state index in [2.05, 4.69) is 74.1 Å². The molecular weight excluding hydrogens is 346 g/mol. The molecule has 0 aliphatic rings. The number of benzene rings is 2. The van der Waals surface area contributed by atoms with Gasteiger partial charge in [0.25, 0.3) is 0 Å². The summed E-state index contributed by atoms with van der Waals surface area (Å²) < 4.78 is 0. The molecule has 0 aliphatic heterocycles. The van der Waals surface area contributed by atoms with Crippen LogP contribution in [0.1, 0.15) is 25.0 Å². The highest BCUT2D eigenvalue weighted by Gasteiger charge is 2.28. The number of rotatable bonds is 7. The quantitative estimate of drug-likeness (QED) is 0.490. The fourth-order valence-electron chi connectivity index (χ4n) is 3.10. The fourth-order valence-corrected chi connectivity index (χ4v) is 3.60. The Bertz CT molecular complexity index is 740. The van der Waals surface area contributed by atoms with Gasteiger partial charge in [-0.25, -0.2) is 0 Å². The van der Waals surface area contributed by atoms with Crippen molar-refractivity contribution in [3.8, 4) is 11.5 Å². The van der Waals surface area contributed by atoms with Gasteiger partial charge in [0.1, 0.15) is 8.07 Å². The van der Waals surface area contributed by atoms with E-state index >= 15 is 0 Å². The van der Waals surface area contributed by atoms with Crippen LogP contribution in [0.15, 0.2) is 60.7 Å². The molecule has 0 spiro atoms. The molecule has 2 aromatic rings. The lowest BCUT2D eigenvalue weighted by molar-refractivity contribution is -0.120. The molecule has 0 heterocycles. The zero-order chi connectivity index (χ0) is 19.9. The summed E-state index contributed by atoms with van der Waals surface area (Å²) in [5.41, 5.74) is 5.68. The molecule has 0 bridgehead atoms. The van der Waals surface area contributed by atoms with Crippen LogP contribution in [0, 0.1) is 17.4 Å². The average molecular weight is 378 g/mol. The number of carbonyl (C=O) groups is 1. The molecule has 3 heteroatoms. The first-order valence-corrected chi connectivity index (χ1v) is 13.1. The van der Waals surface area contributed by atoms with Crippen LogP contribution in [0.2, 0.25) is 19.6 Å². The van der Waals surface area contributed by atoms with Gasteiger partial charge in [0.2, 0.25) is 5.78 Å². The van der Waals surface area contributed by atoms with Crippen molar-refractivity contribution in [3.05, 3.63) is 71.8 Å². The first-order chi connectivity index (χ1) is 12.8. The summed E-state index contributed by atoms with van der Waals surface area (Å²) in [6, 6.07) is 20.5. The van der Waals surface area contributed by atoms with Crippen LogP contribution in [-0.4, -0.2) is 24.8 Å². The van der Waals surface area contributed by atoms with E-state index in [-0.39, 0.29) is 17.7 Å². The van der Waals surface area contributed by atoms with E-state index in [0.717, 1.165) is 13.1 Å². The van der Waals surface area contributed by atoms with Crippen LogP contribution in [0.4, 0.5) is 0 Å². The summed E-state index contributed by atoms with van der Waals surface area (Å²) in [6.45, 7) is 12.2. The van der Waals surface area contributed by atoms with Crippen LogP contribution < -0.4 is 0 Å².